The predicted octanol–water partition coefficient (Wildman–Crippen LogP) is 3.20. The molecule has 0 spiro atoms. The van der Waals surface area contributed by atoms with E-state index >= 15 is 0 Å². The Balaban J connectivity index is 2.01. The first-order chi connectivity index (χ1) is 10.2. The van der Waals surface area contributed by atoms with Crippen LogP contribution in [-0.2, 0) is 6.42 Å². The van der Waals surface area contributed by atoms with Crippen LogP contribution in [0.5, 0.6) is 0 Å². The van der Waals surface area contributed by atoms with E-state index in [4.69, 9.17) is 11.5 Å². The zero-order valence-electron chi connectivity index (χ0n) is 11.5. The van der Waals surface area contributed by atoms with E-state index in [1.165, 1.54) is 6.07 Å². The van der Waals surface area contributed by atoms with Crippen LogP contribution in [-0.4, -0.2) is 4.98 Å². The lowest BCUT2D eigenvalue weighted by Gasteiger charge is -2.16. The third-order valence-electron chi connectivity index (χ3n) is 3.67. The number of fused-ring (bicyclic) bond motifs is 1. The summed E-state index contributed by atoms with van der Waals surface area (Å²) < 4.78 is 13.8. The lowest BCUT2D eigenvalue weighted by molar-refractivity contribution is 0.637. The number of benzene rings is 2. The monoisotopic (exact) mass is 281 g/mol. The number of aromatic nitrogens is 1. The molecule has 3 aromatic rings. The number of halogens is 1. The van der Waals surface area contributed by atoms with Crippen LogP contribution in [0.2, 0.25) is 0 Å². The third-order valence-corrected chi connectivity index (χ3v) is 3.67. The minimum absolute atomic E-state index is 0.234. The summed E-state index contributed by atoms with van der Waals surface area (Å²) >= 11 is 0. The Morgan fingerprint density at radius 3 is 2.52 bits per heavy atom. The molecular formula is C17H16FN3. The Bertz CT molecular complexity index is 786. The molecule has 106 valence electrons. The standard InChI is InChI=1S/C17H16FN3/c18-15-8-7-14(12-5-1-2-6-13(12)15)16(19)10-11-4-3-9-21-17(11)20/h1-9,16H,10,19H2,(H2,20,21). The molecule has 0 aliphatic heterocycles. The van der Waals surface area contributed by atoms with Crippen molar-refractivity contribution in [2.24, 2.45) is 5.73 Å². The van der Waals surface area contributed by atoms with Gasteiger partial charge in [0.2, 0.25) is 0 Å². The average molecular weight is 281 g/mol. The fourth-order valence-corrected chi connectivity index (χ4v) is 2.58. The van der Waals surface area contributed by atoms with Gasteiger partial charge in [-0.2, -0.15) is 0 Å². The maximum atomic E-state index is 13.8. The van der Waals surface area contributed by atoms with Gasteiger partial charge in [-0.05, 0) is 35.1 Å². The molecule has 1 unspecified atom stereocenters. The smallest absolute Gasteiger partial charge is 0.131 e. The molecule has 1 heterocycles. The lowest BCUT2D eigenvalue weighted by Crippen LogP contribution is -2.15. The van der Waals surface area contributed by atoms with Crippen molar-refractivity contribution in [3.05, 3.63) is 71.7 Å². The molecule has 2 aromatic carbocycles. The van der Waals surface area contributed by atoms with E-state index in [0.717, 1.165) is 16.5 Å². The number of hydrogen-bond donors (Lipinski definition) is 2. The molecule has 0 radical (unpaired) electrons. The highest BCUT2D eigenvalue weighted by molar-refractivity contribution is 5.86. The average Bonchev–Trinajstić information content (AvgIpc) is 2.50. The number of rotatable bonds is 3. The normalized spacial score (nSPS) is 12.5. The van der Waals surface area contributed by atoms with Crippen molar-refractivity contribution in [2.75, 3.05) is 5.73 Å². The topological polar surface area (TPSA) is 64.9 Å². The van der Waals surface area contributed by atoms with Crippen LogP contribution >= 0.6 is 0 Å². The lowest BCUT2D eigenvalue weighted by atomic mass is 9.94. The van der Waals surface area contributed by atoms with Crippen LogP contribution in [0.1, 0.15) is 17.2 Å². The highest BCUT2D eigenvalue weighted by Gasteiger charge is 2.14. The minimum atomic E-state index is -0.262. The van der Waals surface area contributed by atoms with Crippen LogP contribution in [0.25, 0.3) is 10.8 Å². The van der Waals surface area contributed by atoms with Gasteiger partial charge in [-0.1, -0.05) is 36.4 Å². The predicted molar refractivity (Wildman–Crippen MR) is 83.2 cm³/mol. The molecule has 4 N–H and O–H groups in total. The first-order valence-electron chi connectivity index (χ1n) is 6.79. The Labute approximate surface area is 122 Å². The van der Waals surface area contributed by atoms with Crippen molar-refractivity contribution in [3.63, 3.8) is 0 Å². The summed E-state index contributed by atoms with van der Waals surface area (Å²) in [7, 11) is 0. The molecule has 0 saturated carbocycles. The van der Waals surface area contributed by atoms with Crippen LogP contribution in [0.4, 0.5) is 10.2 Å². The number of nitrogen functional groups attached to an aromatic ring is 1. The van der Waals surface area contributed by atoms with Crippen molar-refractivity contribution in [2.45, 2.75) is 12.5 Å². The highest BCUT2D eigenvalue weighted by Crippen LogP contribution is 2.27. The summed E-state index contributed by atoms with van der Waals surface area (Å²) in [5.74, 6) is 0.252. The van der Waals surface area contributed by atoms with E-state index in [9.17, 15) is 4.39 Å². The number of nitrogens with two attached hydrogens (primary N) is 2. The largest absolute Gasteiger partial charge is 0.383 e. The Morgan fingerprint density at radius 1 is 1.00 bits per heavy atom. The fraction of sp³-hybridized carbons (Fsp3) is 0.118. The van der Waals surface area contributed by atoms with E-state index in [1.54, 1.807) is 18.3 Å². The van der Waals surface area contributed by atoms with Gasteiger partial charge in [0, 0.05) is 17.6 Å². The molecule has 3 nitrogen and oxygen atoms in total. The molecule has 1 atom stereocenters. The molecule has 0 aliphatic carbocycles. The SMILES string of the molecule is Nc1ncccc1CC(N)c1ccc(F)c2ccccc12. The second-order valence-corrected chi connectivity index (χ2v) is 5.04. The van der Waals surface area contributed by atoms with Crippen molar-refractivity contribution < 1.29 is 4.39 Å². The van der Waals surface area contributed by atoms with Gasteiger partial charge in [0.05, 0.1) is 0 Å². The number of anilines is 1. The van der Waals surface area contributed by atoms with E-state index in [1.807, 2.05) is 30.3 Å². The van der Waals surface area contributed by atoms with Crippen LogP contribution in [0.3, 0.4) is 0 Å². The van der Waals surface area contributed by atoms with Crippen molar-refractivity contribution in [1.82, 2.24) is 4.98 Å². The van der Waals surface area contributed by atoms with Gasteiger partial charge in [-0.15, -0.1) is 0 Å². The van der Waals surface area contributed by atoms with Gasteiger partial charge in [0.25, 0.3) is 0 Å². The van der Waals surface area contributed by atoms with Crippen molar-refractivity contribution >= 4 is 16.6 Å². The van der Waals surface area contributed by atoms with Crippen LogP contribution in [0, 0.1) is 5.82 Å². The third kappa shape index (κ3) is 2.58. The number of nitrogens with zero attached hydrogens (tertiary/aromatic N) is 1. The Kier molecular flexibility index (Phi) is 3.54. The van der Waals surface area contributed by atoms with Crippen molar-refractivity contribution in [1.29, 1.82) is 0 Å². The molecule has 0 bridgehead atoms. The summed E-state index contributed by atoms with van der Waals surface area (Å²) in [5, 5.41) is 1.43. The Morgan fingerprint density at radius 2 is 1.76 bits per heavy atom. The van der Waals surface area contributed by atoms with Gasteiger partial charge >= 0.3 is 0 Å². The molecule has 0 saturated heterocycles. The fourth-order valence-electron chi connectivity index (χ4n) is 2.58. The molecule has 4 heteroatoms. The van der Waals surface area contributed by atoms with Gasteiger partial charge < -0.3 is 11.5 Å². The first-order valence-corrected chi connectivity index (χ1v) is 6.79. The molecule has 0 amide bonds. The van der Waals surface area contributed by atoms with E-state index in [0.29, 0.717) is 17.6 Å². The maximum Gasteiger partial charge on any atom is 0.131 e. The van der Waals surface area contributed by atoms with Gasteiger partial charge in [-0.25, -0.2) is 9.37 Å². The van der Waals surface area contributed by atoms with E-state index in [-0.39, 0.29) is 11.9 Å². The second-order valence-electron chi connectivity index (χ2n) is 5.04. The van der Waals surface area contributed by atoms with Gasteiger partial charge in [-0.3, -0.25) is 0 Å². The zero-order valence-corrected chi connectivity index (χ0v) is 11.5. The summed E-state index contributed by atoms with van der Waals surface area (Å²) in [6.07, 6.45) is 2.22. The summed E-state index contributed by atoms with van der Waals surface area (Å²) in [5.41, 5.74) is 14.0. The minimum Gasteiger partial charge on any atom is -0.383 e. The van der Waals surface area contributed by atoms with Crippen LogP contribution in [0.15, 0.2) is 54.7 Å². The Hall–Kier alpha value is -2.46. The zero-order chi connectivity index (χ0) is 14.8. The number of pyridine rings is 1. The highest BCUT2D eigenvalue weighted by atomic mass is 19.1. The molecule has 21 heavy (non-hydrogen) atoms. The van der Waals surface area contributed by atoms with Crippen molar-refractivity contribution in [3.8, 4) is 0 Å². The summed E-state index contributed by atoms with van der Waals surface area (Å²) in [6.45, 7) is 0. The van der Waals surface area contributed by atoms with E-state index < -0.39 is 0 Å². The second kappa shape index (κ2) is 5.50. The van der Waals surface area contributed by atoms with Gasteiger partial charge in [0.15, 0.2) is 0 Å². The number of hydrogen-bond acceptors (Lipinski definition) is 3. The molecule has 0 fully saturated rings. The molecule has 1 aromatic heterocycles. The summed E-state index contributed by atoms with van der Waals surface area (Å²) in [6, 6.07) is 14.0. The summed E-state index contributed by atoms with van der Waals surface area (Å²) in [4.78, 5) is 4.06. The molecule has 3 rings (SSSR count). The first kappa shape index (κ1) is 13.5. The van der Waals surface area contributed by atoms with Crippen LogP contribution < -0.4 is 11.5 Å². The molecule has 0 aliphatic rings. The van der Waals surface area contributed by atoms with E-state index in [2.05, 4.69) is 4.98 Å². The quantitative estimate of drug-likeness (QED) is 0.775. The maximum absolute atomic E-state index is 13.8. The van der Waals surface area contributed by atoms with Gasteiger partial charge in [0.1, 0.15) is 11.6 Å². The molecular weight excluding hydrogens is 265 g/mol.